The number of alkyl halides is 3. The molecule has 0 bridgehead atoms. The Labute approximate surface area is 148 Å². The van der Waals surface area contributed by atoms with Crippen molar-refractivity contribution in [2.45, 2.75) is 39.8 Å². The third-order valence-corrected chi connectivity index (χ3v) is 6.93. The summed E-state index contributed by atoms with van der Waals surface area (Å²) in [5.74, 6) is 0. The molecular formula is C17H17F3O3S2. The zero-order valence-corrected chi connectivity index (χ0v) is 14.8. The summed E-state index contributed by atoms with van der Waals surface area (Å²) < 4.78 is 58.9. The summed E-state index contributed by atoms with van der Waals surface area (Å²) in [5, 5.41) is 0.875. The third kappa shape index (κ3) is 5.49. The highest BCUT2D eigenvalue weighted by atomic mass is 32.2. The van der Waals surface area contributed by atoms with Crippen molar-refractivity contribution in [2.24, 2.45) is 0 Å². The van der Waals surface area contributed by atoms with Crippen molar-refractivity contribution in [3.63, 3.8) is 0 Å². The molecular weight excluding hydrogens is 373 g/mol. The molecule has 0 N–H and O–H groups in total. The van der Waals surface area contributed by atoms with E-state index in [0.29, 0.717) is 10.9 Å². The van der Waals surface area contributed by atoms with Crippen molar-refractivity contribution in [3.05, 3.63) is 60.7 Å². The number of benzene rings is 2. The fourth-order valence-electron chi connectivity index (χ4n) is 2.26. The fourth-order valence-corrected chi connectivity index (χ4v) is 5.01. The smallest absolute Gasteiger partial charge is 0.485 e. The van der Waals surface area contributed by atoms with E-state index >= 15 is 0 Å². The number of rotatable bonds is 3. The van der Waals surface area contributed by atoms with Crippen LogP contribution in [0.1, 0.15) is 19.3 Å². The average molecular weight is 390 g/mol. The van der Waals surface area contributed by atoms with Crippen LogP contribution in [0.4, 0.5) is 13.2 Å². The first-order valence-corrected chi connectivity index (χ1v) is 10.2. The third-order valence-electron chi connectivity index (χ3n) is 3.66. The molecule has 3 nitrogen and oxygen atoms in total. The zero-order valence-electron chi connectivity index (χ0n) is 13.1. The molecule has 0 aromatic heterocycles. The minimum Gasteiger partial charge on any atom is -0.741 e. The van der Waals surface area contributed by atoms with Gasteiger partial charge in [0, 0.05) is 0 Å². The molecule has 1 fully saturated rings. The lowest BCUT2D eigenvalue weighted by Gasteiger charge is -2.25. The van der Waals surface area contributed by atoms with E-state index in [1.807, 2.05) is 0 Å². The molecule has 2 aromatic rings. The molecule has 1 aliphatic rings. The zero-order chi connectivity index (χ0) is 18.5. The van der Waals surface area contributed by atoms with E-state index in [9.17, 15) is 13.2 Å². The molecule has 25 heavy (non-hydrogen) atoms. The van der Waals surface area contributed by atoms with Crippen LogP contribution in [-0.4, -0.2) is 23.7 Å². The maximum Gasteiger partial charge on any atom is 0.485 e. The summed E-state index contributed by atoms with van der Waals surface area (Å²) >= 11 is 0. The van der Waals surface area contributed by atoms with Crippen molar-refractivity contribution in [1.29, 1.82) is 0 Å². The van der Waals surface area contributed by atoms with Crippen molar-refractivity contribution >= 4 is 21.0 Å². The average Bonchev–Trinajstić information content (AvgIpc) is 2.51. The SMILES string of the molecule is O=S(=O)([O-])C(F)(F)F.c1ccc([S+](c2ccccc2)C2CCC2)cc1. The first-order chi connectivity index (χ1) is 11.7. The Morgan fingerprint density at radius 2 is 1.24 bits per heavy atom. The lowest BCUT2D eigenvalue weighted by molar-refractivity contribution is -0.0517. The Morgan fingerprint density at radius 3 is 1.48 bits per heavy atom. The van der Waals surface area contributed by atoms with Gasteiger partial charge < -0.3 is 4.55 Å². The Balaban J connectivity index is 0.000000242. The number of hydrogen-bond donors (Lipinski definition) is 0. The predicted octanol–water partition coefficient (Wildman–Crippen LogP) is 4.33. The van der Waals surface area contributed by atoms with E-state index in [0.717, 1.165) is 5.25 Å². The van der Waals surface area contributed by atoms with Gasteiger partial charge in [-0.3, -0.25) is 0 Å². The lowest BCUT2D eigenvalue weighted by Crippen LogP contribution is -2.28. The van der Waals surface area contributed by atoms with Crippen LogP contribution in [0.15, 0.2) is 70.5 Å². The molecule has 1 aliphatic carbocycles. The molecule has 0 heterocycles. The molecule has 1 saturated carbocycles. The van der Waals surface area contributed by atoms with Crippen LogP contribution in [-0.2, 0) is 21.0 Å². The highest BCUT2D eigenvalue weighted by Gasteiger charge is 2.39. The van der Waals surface area contributed by atoms with E-state index in [1.54, 1.807) is 0 Å². The summed E-state index contributed by atoms with van der Waals surface area (Å²) in [5.41, 5.74) is -5.65. The van der Waals surface area contributed by atoms with Crippen molar-refractivity contribution in [3.8, 4) is 0 Å². The van der Waals surface area contributed by atoms with Gasteiger partial charge in [0.05, 0.1) is 10.9 Å². The minimum atomic E-state index is -6.09. The van der Waals surface area contributed by atoms with Gasteiger partial charge in [0.15, 0.2) is 19.9 Å². The maximum atomic E-state index is 10.7. The largest absolute Gasteiger partial charge is 0.741 e. The molecule has 3 rings (SSSR count). The van der Waals surface area contributed by atoms with Gasteiger partial charge in [0.2, 0.25) is 0 Å². The van der Waals surface area contributed by atoms with Gasteiger partial charge in [-0.15, -0.1) is 0 Å². The molecule has 2 aromatic carbocycles. The van der Waals surface area contributed by atoms with Crippen LogP contribution in [0.5, 0.6) is 0 Å². The second-order valence-electron chi connectivity index (χ2n) is 5.42. The fraction of sp³-hybridized carbons (Fsp3) is 0.294. The Bertz CT molecular complexity index is 719. The topological polar surface area (TPSA) is 57.2 Å². The summed E-state index contributed by atoms with van der Waals surface area (Å²) in [6.45, 7) is 0. The number of hydrogen-bond acceptors (Lipinski definition) is 3. The lowest BCUT2D eigenvalue weighted by atomic mass is 10.00. The first kappa shape index (κ1) is 19.8. The minimum absolute atomic E-state index is 0.291. The van der Waals surface area contributed by atoms with Gasteiger partial charge in [-0.05, 0) is 43.5 Å². The highest BCUT2D eigenvalue weighted by Crippen LogP contribution is 2.37. The standard InChI is InChI=1S/C16H17S.CHF3O3S/c1-3-8-14(9-4-1)17(16-12-7-13-16)15-10-5-2-6-11-15;2-1(3,4)8(5,6)7/h1-6,8-11,16H,7,12-13H2;(H,5,6,7)/q+1;/p-1. The molecule has 0 radical (unpaired) electrons. The van der Waals surface area contributed by atoms with Crippen LogP contribution in [0.2, 0.25) is 0 Å². The summed E-state index contributed by atoms with van der Waals surface area (Å²) in [6.07, 6.45) is 4.20. The van der Waals surface area contributed by atoms with Gasteiger partial charge in [-0.2, -0.15) is 13.2 Å². The predicted molar refractivity (Wildman–Crippen MR) is 90.2 cm³/mol. The normalized spacial score (nSPS) is 15.2. The van der Waals surface area contributed by atoms with Crippen LogP contribution in [0.25, 0.3) is 0 Å². The van der Waals surface area contributed by atoms with E-state index in [-0.39, 0.29) is 0 Å². The molecule has 0 saturated heterocycles. The van der Waals surface area contributed by atoms with E-state index in [1.165, 1.54) is 29.1 Å². The van der Waals surface area contributed by atoms with Crippen LogP contribution in [0, 0.1) is 0 Å². The van der Waals surface area contributed by atoms with E-state index in [4.69, 9.17) is 13.0 Å². The first-order valence-electron chi connectivity index (χ1n) is 7.55. The molecule has 0 atom stereocenters. The van der Waals surface area contributed by atoms with Gasteiger partial charge in [0.1, 0.15) is 5.25 Å². The van der Waals surface area contributed by atoms with E-state index in [2.05, 4.69) is 60.7 Å². The van der Waals surface area contributed by atoms with Gasteiger partial charge in [-0.25, -0.2) is 8.42 Å². The second kappa shape index (κ2) is 8.25. The Kier molecular flexibility index (Phi) is 6.53. The quantitative estimate of drug-likeness (QED) is 0.445. The van der Waals surface area contributed by atoms with Crippen molar-refractivity contribution in [2.75, 3.05) is 0 Å². The van der Waals surface area contributed by atoms with E-state index < -0.39 is 15.6 Å². The summed E-state index contributed by atoms with van der Waals surface area (Å²) in [6, 6.07) is 22.0. The molecule has 136 valence electrons. The summed E-state index contributed by atoms with van der Waals surface area (Å²) in [4.78, 5) is 3.01. The van der Waals surface area contributed by atoms with Crippen LogP contribution in [0.3, 0.4) is 0 Å². The Morgan fingerprint density at radius 1 is 0.880 bits per heavy atom. The van der Waals surface area contributed by atoms with Crippen LogP contribution < -0.4 is 0 Å². The van der Waals surface area contributed by atoms with Crippen LogP contribution >= 0.6 is 0 Å². The Hall–Kier alpha value is -1.51. The van der Waals surface area contributed by atoms with Gasteiger partial charge >= 0.3 is 5.51 Å². The van der Waals surface area contributed by atoms with Gasteiger partial charge in [0.25, 0.3) is 0 Å². The monoisotopic (exact) mass is 390 g/mol. The van der Waals surface area contributed by atoms with Crippen molar-refractivity contribution in [1.82, 2.24) is 0 Å². The summed E-state index contributed by atoms with van der Waals surface area (Å²) in [7, 11) is -5.80. The van der Waals surface area contributed by atoms with Crippen molar-refractivity contribution < 1.29 is 26.1 Å². The molecule has 8 heteroatoms. The number of halogens is 3. The molecule has 0 amide bonds. The second-order valence-corrected chi connectivity index (χ2v) is 9.07. The maximum absolute atomic E-state index is 10.7. The highest BCUT2D eigenvalue weighted by molar-refractivity contribution is 7.97. The molecule has 0 spiro atoms. The van der Waals surface area contributed by atoms with Gasteiger partial charge in [-0.1, -0.05) is 36.4 Å². The molecule has 0 aliphatic heterocycles. The molecule has 0 unspecified atom stereocenters.